The van der Waals surface area contributed by atoms with E-state index in [1.807, 2.05) is 25.3 Å². The molecule has 3 aromatic rings. The molecule has 0 spiro atoms. The van der Waals surface area contributed by atoms with Crippen LogP contribution in [-0.4, -0.2) is 48.9 Å². The fourth-order valence-corrected chi connectivity index (χ4v) is 5.74. The Morgan fingerprint density at radius 3 is 2.52 bits per heavy atom. The topological polar surface area (TPSA) is 97.8 Å². The van der Waals surface area contributed by atoms with Gasteiger partial charge in [-0.2, -0.15) is 4.31 Å². The maximum absolute atomic E-state index is 13.0. The molecule has 33 heavy (non-hydrogen) atoms. The fourth-order valence-electron chi connectivity index (χ4n) is 3.61. The number of ether oxygens (including phenoxy) is 2. The number of benzene rings is 2. The van der Waals surface area contributed by atoms with Gasteiger partial charge in [-0.05, 0) is 50.2 Å². The van der Waals surface area contributed by atoms with Crippen LogP contribution in [0.3, 0.4) is 0 Å². The van der Waals surface area contributed by atoms with Gasteiger partial charge in [0, 0.05) is 24.0 Å². The van der Waals surface area contributed by atoms with Crippen LogP contribution >= 0.6 is 11.3 Å². The van der Waals surface area contributed by atoms with E-state index in [2.05, 4.69) is 10.3 Å². The molecule has 2 aromatic carbocycles. The number of hydrogen-bond acceptors (Lipinski definition) is 7. The molecule has 1 aliphatic heterocycles. The predicted octanol–water partition coefficient (Wildman–Crippen LogP) is 3.77. The summed E-state index contributed by atoms with van der Waals surface area (Å²) in [6, 6.07) is 13.1. The second kappa shape index (κ2) is 10.0. The molecule has 4 rings (SSSR count). The summed E-state index contributed by atoms with van der Waals surface area (Å²) in [5.41, 5.74) is 3.40. The number of amides is 1. The summed E-state index contributed by atoms with van der Waals surface area (Å²) in [7, 11) is -3.67. The summed E-state index contributed by atoms with van der Waals surface area (Å²) in [5, 5.41) is 4.73. The summed E-state index contributed by atoms with van der Waals surface area (Å²) >= 11 is 1.49. The van der Waals surface area contributed by atoms with Crippen molar-refractivity contribution in [1.29, 1.82) is 0 Å². The average molecular weight is 488 g/mol. The first-order chi connectivity index (χ1) is 15.8. The molecule has 1 amide bonds. The Morgan fingerprint density at radius 1 is 1.15 bits per heavy atom. The number of para-hydroxylation sites is 2. The fraction of sp³-hybridized carbons (Fsp3) is 0.304. The van der Waals surface area contributed by atoms with Crippen molar-refractivity contribution < 1.29 is 22.7 Å². The monoisotopic (exact) mass is 487 g/mol. The molecule has 0 radical (unpaired) electrons. The molecule has 1 saturated heterocycles. The zero-order chi connectivity index (χ0) is 23.4. The van der Waals surface area contributed by atoms with Gasteiger partial charge in [-0.15, -0.1) is 11.3 Å². The lowest BCUT2D eigenvalue weighted by atomic mass is 10.2. The summed E-state index contributed by atoms with van der Waals surface area (Å²) in [5.74, 6) is 0.158. The van der Waals surface area contributed by atoms with Crippen molar-refractivity contribution in [2.24, 2.45) is 0 Å². The number of hydrogen-bond donors (Lipinski definition) is 1. The number of carbonyl (C=O) groups is 1. The molecule has 10 heteroatoms. The summed E-state index contributed by atoms with van der Waals surface area (Å²) in [6.07, 6.45) is -0.349. The van der Waals surface area contributed by atoms with Crippen molar-refractivity contribution in [2.45, 2.75) is 37.6 Å². The van der Waals surface area contributed by atoms with E-state index < -0.39 is 10.0 Å². The Hall–Kier alpha value is -2.79. The highest BCUT2D eigenvalue weighted by Gasteiger charge is 2.32. The van der Waals surface area contributed by atoms with Gasteiger partial charge >= 0.3 is 0 Å². The molecular weight excluding hydrogens is 462 g/mol. The number of anilines is 1. The van der Waals surface area contributed by atoms with E-state index in [1.54, 1.807) is 23.7 Å². The number of nitrogens with zero attached hydrogens (tertiary/aromatic N) is 2. The van der Waals surface area contributed by atoms with Crippen molar-refractivity contribution in [3.63, 3.8) is 0 Å². The molecule has 0 aliphatic carbocycles. The van der Waals surface area contributed by atoms with Gasteiger partial charge in [0.1, 0.15) is 12.4 Å². The number of aromatic nitrogens is 1. The predicted molar refractivity (Wildman–Crippen MR) is 126 cm³/mol. The number of sulfonamides is 1. The first kappa shape index (κ1) is 23.4. The maximum Gasteiger partial charge on any atom is 0.255 e. The number of thiazole rings is 1. The van der Waals surface area contributed by atoms with Crippen LogP contribution in [0.2, 0.25) is 0 Å². The Balaban J connectivity index is 1.45. The Bertz CT molecular complexity index is 1190. The van der Waals surface area contributed by atoms with E-state index in [9.17, 15) is 13.2 Å². The Kier molecular flexibility index (Phi) is 7.08. The Labute approximate surface area is 197 Å². The van der Waals surface area contributed by atoms with E-state index in [-0.39, 0.29) is 23.0 Å². The van der Waals surface area contributed by atoms with Crippen LogP contribution in [0.5, 0.6) is 5.75 Å². The lowest BCUT2D eigenvalue weighted by molar-refractivity contribution is -0.0440. The lowest BCUT2D eigenvalue weighted by Gasteiger charge is -2.34. The minimum atomic E-state index is -3.67. The zero-order valence-corrected chi connectivity index (χ0v) is 19.9. The number of nitrogens with one attached hydrogen (secondary N) is 1. The molecule has 1 aromatic heterocycles. The highest BCUT2D eigenvalue weighted by molar-refractivity contribution is 7.89. The second-order valence-electron chi connectivity index (χ2n) is 7.82. The van der Waals surface area contributed by atoms with Gasteiger partial charge in [0.05, 0.1) is 34.0 Å². The standard InChI is InChI=1S/C23H25N3O5S2/c1-16-11-26(12-17(2)31-16)33(28,29)20-9-7-18(8-10-20)23(27)25-21-5-3-4-6-22(21)30-13-19-14-32-15-24-19/h3-10,14-17H,11-13H2,1-2H3,(H,25,27). The van der Waals surface area contributed by atoms with Crippen LogP contribution in [0.15, 0.2) is 64.3 Å². The zero-order valence-electron chi connectivity index (χ0n) is 18.3. The molecule has 1 fully saturated rings. The first-order valence-corrected chi connectivity index (χ1v) is 12.9. The van der Waals surface area contributed by atoms with Crippen molar-refractivity contribution in [1.82, 2.24) is 9.29 Å². The summed E-state index contributed by atoms with van der Waals surface area (Å²) in [4.78, 5) is 17.1. The third kappa shape index (κ3) is 5.59. The van der Waals surface area contributed by atoms with Gasteiger partial charge in [0.15, 0.2) is 0 Å². The normalized spacial score (nSPS) is 19.2. The number of morpholine rings is 1. The van der Waals surface area contributed by atoms with Crippen LogP contribution in [0.25, 0.3) is 0 Å². The first-order valence-electron chi connectivity index (χ1n) is 10.5. The second-order valence-corrected chi connectivity index (χ2v) is 10.5. The maximum atomic E-state index is 13.0. The minimum Gasteiger partial charge on any atom is -0.485 e. The third-order valence-electron chi connectivity index (χ3n) is 5.13. The SMILES string of the molecule is CC1CN(S(=O)(=O)c2ccc(C(=O)Nc3ccccc3OCc3cscn3)cc2)CC(C)O1. The van der Waals surface area contributed by atoms with Crippen LogP contribution in [-0.2, 0) is 21.4 Å². The van der Waals surface area contributed by atoms with Crippen molar-refractivity contribution >= 4 is 33.0 Å². The molecule has 0 saturated carbocycles. The third-order valence-corrected chi connectivity index (χ3v) is 7.62. The molecule has 0 bridgehead atoms. The van der Waals surface area contributed by atoms with Gasteiger partial charge in [0.25, 0.3) is 5.91 Å². The largest absolute Gasteiger partial charge is 0.485 e. The lowest BCUT2D eigenvalue weighted by Crippen LogP contribution is -2.48. The van der Waals surface area contributed by atoms with Crippen molar-refractivity contribution in [2.75, 3.05) is 18.4 Å². The average Bonchev–Trinajstić information content (AvgIpc) is 3.31. The highest BCUT2D eigenvalue weighted by atomic mass is 32.2. The van der Waals surface area contributed by atoms with Gasteiger partial charge in [-0.3, -0.25) is 4.79 Å². The van der Waals surface area contributed by atoms with E-state index in [0.717, 1.165) is 5.69 Å². The van der Waals surface area contributed by atoms with Crippen LogP contribution in [0, 0.1) is 0 Å². The van der Waals surface area contributed by atoms with Gasteiger partial charge < -0.3 is 14.8 Å². The van der Waals surface area contributed by atoms with Gasteiger partial charge in [-0.25, -0.2) is 13.4 Å². The molecule has 2 atom stereocenters. The van der Waals surface area contributed by atoms with Crippen molar-refractivity contribution in [3.05, 3.63) is 70.7 Å². The van der Waals surface area contributed by atoms with Crippen LogP contribution in [0.1, 0.15) is 29.9 Å². The number of carbonyl (C=O) groups excluding carboxylic acids is 1. The molecule has 8 nitrogen and oxygen atoms in total. The molecule has 2 heterocycles. The van der Waals surface area contributed by atoms with Crippen LogP contribution in [0.4, 0.5) is 5.69 Å². The molecule has 174 valence electrons. The summed E-state index contributed by atoms with van der Waals surface area (Å²) in [6.45, 7) is 4.59. The smallest absolute Gasteiger partial charge is 0.255 e. The molecule has 1 aliphatic rings. The molecule has 1 N–H and O–H groups in total. The van der Waals surface area contributed by atoms with E-state index in [4.69, 9.17) is 9.47 Å². The van der Waals surface area contributed by atoms with E-state index in [1.165, 1.54) is 39.9 Å². The van der Waals surface area contributed by atoms with Gasteiger partial charge in [-0.1, -0.05) is 12.1 Å². The summed E-state index contributed by atoms with van der Waals surface area (Å²) < 4.78 is 38.9. The minimum absolute atomic E-state index is 0.146. The quantitative estimate of drug-likeness (QED) is 0.545. The van der Waals surface area contributed by atoms with Crippen molar-refractivity contribution in [3.8, 4) is 5.75 Å². The Morgan fingerprint density at radius 2 is 1.85 bits per heavy atom. The van der Waals surface area contributed by atoms with E-state index in [0.29, 0.717) is 36.7 Å². The molecule has 2 unspecified atom stereocenters. The van der Waals surface area contributed by atoms with Gasteiger partial charge in [0.2, 0.25) is 10.0 Å². The van der Waals surface area contributed by atoms with Crippen LogP contribution < -0.4 is 10.1 Å². The number of rotatable bonds is 7. The molecular formula is C23H25N3O5S2. The van der Waals surface area contributed by atoms with E-state index >= 15 is 0 Å². The highest BCUT2D eigenvalue weighted by Crippen LogP contribution is 2.26.